The van der Waals surface area contributed by atoms with Crippen LogP contribution < -0.4 is 5.56 Å². The minimum atomic E-state index is -3.06. The number of hydrogen-bond donors (Lipinski definition) is 1. The second-order valence-electron chi connectivity index (χ2n) is 7.83. The van der Waals surface area contributed by atoms with Gasteiger partial charge in [-0.1, -0.05) is 12.1 Å². The topological polar surface area (TPSA) is 103 Å². The number of aryl methyl sites for hydroxylation is 1. The molecule has 8 nitrogen and oxygen atoms in total. The smallest absolute Gasteiger partial charge is 0.258 e. The molecule has 3 rings (SSSR count). The largest absolute Gasteiger partial charge is 0.337 e. The fourth-order valence-electron chi connectivity index (χ4n) is 3.64. The van der Waals surface area contributed by atoms with Crippen LogP contribution in [-0.2, 0) is 21.1 Å². The summed E-state index contributed by atoms with van der Waals surface area (Å²) in [5.74, 6) is 0.707. The van der Waals surface area contributed by atoms with E-state index in [1.165, 1.54) is 0 Å². The number of carbonyl (C=O) groups is 1. The Morgan fingerprint density at radius 1 is 1.24 bits per heavy atom. The Balaban J connectivity index is 1.63. The van der Waals surface area contributed by atoms with Crippen LogP contribution in [0.5, 0.6) is 0 Å². The minimum Gasteiger partial charge on any atom is -0.337 e. The third-order valence-corrected chi connectivity index (χ3v) is 6.97. The maximum Gasteiger partial charge on any atom is 0.258 e. The fourth-order valence-corrected chi connectivity index (χ4v) is 5.37. The van der Waals surface area contributed by atoms with Crippen LogP contribution in [0.2, 0.25) is 0 Å². The van der Waals surface area contributed by atoms with E-state index < -0.39 is 9.84 Å². The third-order valence-electron chi connectivity index (χ3n) is 5.22. The number of hydrogen-bond acceptors (Lipinski definition) is 6. The Hall–Kier alpha value is -2.26. The molecule has 1 saturated heterocycles. The zero-order chi connectivity index (χ0) is 21.0. The number of benzene rings is 1. The Morgan fingerprint density at radius 2 is 2.00 bits per heavy atom. The summed E-state index contributed by atoms with van der Waals surface area (Å²) < 4.78 is 23.7. The van der Waals surface area contributed by atoms with Gasteiger partial charge in [-0.05, 0) is 39.1 Å². The molecule has 1 aliphatic rings. The zero-order valence-electron chi connectivity index (χ0n) is 16.9. The van der Waals surface area contributed by atoms with Gasteiger partial charge in [0.05, 0.1) is 22.4 Å². The third kappa shape index (κ3) is 5.63. The lowest BCUT2D eigenvalue weighted by molar-refractivity contribution is -0.133. The molecule has 0 aliphatic carbocycles. The van der Waals surface area contributed by atoms with Crippen molar-refractivity contribution in [2.45, 2.75) is 31.7 Å². The van der Waals surface area contributed by atoms with Gasteiger partial charge in [0.25, 0.3) is 5.56 Å². The Bertz CT molecular complexity index is 1030. The van der Waals surface area contributed by atoms with Crippen LogP contribution in [0.3, 0.4) is 0 Å². The first-order valence-electron chi connectivity index (χ1n) is 9.88. The highest BCUT2D eigenvalue weighted by Gasteiger charge is 2.34. The molecule has 1 amide bonds. The molecule has 1 N–H and O–H groups in total. The van der Waals surface area contributed by atoms with Gasteiger partial charge in [-0.15, -0.1) is 0 Å². The van der Waals surface area contributed by atoms with Crippen molar-refractivity contribution in [2.75, 3.05) is 38.7 Å². The molecule has 0 unspecified atom stereocenters. The molecule has 158 valence electrons. The maximum atomic E-state index is 12.8. The first kappa shape index (κ1) is 21.4. The predicted octanol–water partition coefficient (Wildman–Crippen LogP) is 0.823. The molecule has 1 fully saturated rings. The van der Waals surface area contributed by atoms with E-state index in [1.807, 2.05) is 25.1 Å². The molecule has 0 spiro atoms. The lowest BCUT2D eigenvalue weighted by atomic mass is 10.1. The van der Waals surface area contributed by atoms with E-state index in [0.29, 0.717) is 55.5 Å². The molecular formula is C20H28N4O4S. The normalized spacial score (nSPS) is 18.4. The summed E-state index contributed by atoms with van der Waals surface area (Å²) in [6, 6.07) is 6.91. The van der Waals surface area contributed by atoms with Gasteiger partial charge in [0.1, 0.15) is 5.82 Å². The monoisotopic (exact) mass is 420 g/mol. The second kappa shape index (κ2) is 9.04. The zero-order valence-corrected chi connectivity index (χ0v) is 17.7. The van der Waals surface area contributed by atoms with E-state index in [0.717, 1.165) is 0 Å². The van der Waals surface area contributed by atoms with Gasteiger partial charge >= 0.3 is 0 Å². The van der Waals surface area contributed by atoms with E-state index >= 15 is 0 Å². The van der Waals surface area contributed by atoms with E-state index in [2.05, 4.69) is 9.97 Å². The van der Waals surface area contributed by atoms with Gasteiger partial charge in [0, 0.05) is 32.0 Å². The Morgan fingerprint density at radius 3 is 2.69 bits per heavy atom. The summed E-state index contributed by atoms with van der Waals surface area (Å²) >= 11 is 0. The average Bonchev–Trinajstić information content (AvgIpc) is 3.01. The first-order valence-corrected chi connectivity index (χ1v) is 11.7. The second-order valence-corrected chi connectivity index (χ2v) is 10.1. The lowest BCUT2D eigenvalue weighted by Crippen LogP contribution is -2.44. The summed E-state index contributed by atoms with van der Waals surface area (Å²) in [6.45, 7) is 1.19. The molecule has 1 aromatic heterocycles. The summed E-state index contributed by atoms with van der Waals surface area (Å²) in [7, 11) is 0.794. The van der Waals surface area contributed by atoms with Gasteiger partial charge in [-0.2, -0.15) is 0 Å². The van der Waals surface area contributed by atoms with Crippen molar-refractivity contribution in [3.63, 3.8) is 0 Å². The molecule has 0 bridgehead atoms. The Kier molecular flexibility index (Phi) is 6.69. The number of carbonyl (C=O) groups excluding carboxylic acids is 1. The summed E-state index contributed by atoms with van der Waals surface area (Å²) in [5, 5.41) is 0.546. The summed E-state index contributed by atoms with van der Waals surface area (Å²) in [5.41, 5.74) is 0.460. The molecule has 2 aromatic rings. The molecule has 0 saturated carbocycles. The first-order chi connectivity index (χ1) is 13.7. The Labute approximate surface area is 170 Å². The number of para-hydroxylation sites is 1. The van der Waals surface area contributed by atoms with Gasteiger partial charge < -0.3 is 14.8 Å². The summed E-state index contributed by atoms with van der Waals surface area (Å²) in [4.78, 5) is 36.0. The molecule has 1 aliphatic heterocycles. The molecule has 0 radical (unpaired) electrons. The van der Waals surface area contributed by atoms with Crippen molar-refractivity contribution in [1.82, 2.24) is 19.8 Å². The van der Waals surface area contributed by atoms with Gasteiger partial charge in [-0.25, -0.2) is 13.4 Å². The van der Waals surface area contributed by atoms with Crippen LogP contribution in [0, 0.1) is 0 Å². The molecular weight excluding hydrogens is 392 g/mol. The number of H-pyrrole nitrogens is 1. The number of likely N-dealkylation sites (N-methyl/N-ethyl adjacent to an activating group) is 1. The van der Waals surface area contributed by atoms with Gasteiger partial charge in [0.15, 0.2) is 9.84 Å². The maximum absolute atomic E-state index is 12.8. The van der Waals surface area contributed by atoms with Gasteiger partial charge in [-0.3, -0.25) is 9.59 Å². The molecule has 1 atom stereocenters. The predicted molar refractivity (Wildman–Crippen MR) is 113 cm³/mol. The highest BCUT2D eigenvalue weighted by molar-refractivity contribution is 7.91. The van der Waals surface area contributed by atoms with Crippen molar-refractivity contribution >= 4 is 26.6 Å². The number of aromatic nitrogens is 2. The lowest BCUT2D eigenvalue weighted by Gasteiger charge is -2.29. The number of aromatic amines is 1. The van der Waals surface area contributed by atoms with E-state index in [4.69, 9.17) is 0 Å². The van der Waals surface area contributed by atoms with Crippen LogP contribution in [0.1, 0.15) is 25.1 Å². The number of nitrogens with zero attached hydrogens (tertiary/aromatic N) is 3. The van der Waals surface area contributed by atoms with E-state index in [-0.39, 0.29) is 29.0 Å². The molecule has 2 heterocycles. The van der Waals surface area contributed by atoms with Crippen molar-refractivity contribution in [3.05, 3.63) is 40.4 Å². The van der Waals surface area contributed by atoms with Crippen molar-refractivity contribution < 1.29 is 13.2 Å². The fraction of sp³-hybridized carbons (Fsp3) is 0.550. The minimum absolute atomic E-state index is 0.0444. The van der Waals surface area contributed by atoms with Gasteiger partial charge in [0.2, 0.25) is 5.91 Å². The average molecular weight is 421 g/mol. The van der Waals surface area contributed by atoms with E-state index in [1.54, 1.807) is 23.1 Å². The quantitative estimate of drug-likeness (QED) is 0.678. The SMILES string of the molecule is CN(C)CCN(C(=O)CCCc1nc2ccccc2c(=O)[nH]1)[C@H]1CCS(=O)(=O)C1. The van der Waals surface area contributed by atoms with Crippen molar-refractivity contribution in [2.24, 2.45) is 0 Å². The number of rotatable bonds is 8. The number of sulfone groups is 1. The molecule has 1 aromatic carbocycles. The molecule has 9 heteroatoms. The van der Waals surface area contributed by atoms with Crippen LogP contribution in [0.25, 0.3) is 10.9 Å². The van der Waals surface area contributed by atoms with Crippen molar-refractivity contribution in [3.8, 4) is 0 Å². The number of amides is 1. The number of fused-ring (bicyclic) bond motifs is 1. The van der Waals surface area contributed by atoms with E-state index in [9.17, 15) is 18.0 Å². The van der Waals surface area contributed by atoms with Crippen molar-refractivity contribution in [1.29, 1.82) is 0 Å². The van der Waals surface area contributed by atoms with Crippen LogP contribution >= 0.6 is 0 Å². The molecule has 29 heavy (non-hydrogen) atoms. The number of nitrogens with one attached hydrogen (secondary N) is 1. The highest BCUT2D eigenvalue weighted by atomic mass is 32.2. The standard InChI is InChI=1S/C20H28N4O4S/c1-23(2)11-12-24(15-10-13-29(27,28)14-15)19(25)9-5-8-18-21-17-7-4-3-6-16(17)20(26)22-18/h3-4,6-7,15H,5,8-14H2,1-2H3,(H,21,22,26)/t15-/m0/s1. The summed E-state index contributed by atoms with van der Waals surface area (Å²) in [6.07, 6.45) is 1.82. The van der Waals surface area contributed by atoms with Crippen LogP contribution in [0.4, 0.5) is 0 Å². The highest BCUT2D eigenvalue weighted by Crippen LogP contribution is 2.19. The van der Waals surface area contributed by atoms with Crippen LogP contribution in [-0.4, -0.2) is 78.8 Å². The van der Waals surface area contributed by atoms with Crippen LogP contribution in [0.15, 0.2) is 29.1 Å².